The van der Waals surface area contributed by atoms with E-state index in [1.165, 1.54) is 10.4 Å². The van der Waals surface area contributed by atoms with E-state index < -0.39 is 27.4 Å². The van der Waals surface area contributed by atoms with Crippen LogP contribution in [-0.2, 0) is 21.0 Å². The quantitative estimate of drug-likeness (QED) is 0.448. The van der Waals surface area contributed by atoms with Crippen molar-refractivity contribution >= 4 is 27.4 Å². The van der Waals surface area contributed by atoms with Crippen LogP contribution in [0.4, 0.5) is 24.7 Å². The SMILES string of the molecule is CC1(C)Oc2cc(-c3ccc(S(=O)(=O)N4CCC(Nc5ccc(C(F)(F)F)cn5)CC4)cc3)ccc2NC1=O. The van der Waals surface area contributed by atoms with Gasteiger partial charge in [-0.05, 0) is 74.2 Å². The summed E-state index contributed by atoms with van der Waals surface area (Å²) in [5.74, 6) is 0.628. The minimum Gasteiger partial charge on any atom is -0.476 e. The van der Waals surface area contributed by atoms with E-state index in [4.69, 9.17) is 4.74 Å². The zero-order chi connectivity index (χ0) is 28.0. The summed E-state index contributed by atoms with van der Waals surface area (Å²) in [7, 11) is -3.72. The Balaban J connectivity index is 1.22. The second-order valence-electron chi connectivity index (χ2n) is 10.1. The van der Waals surface area contributed by atoms with E-state index in [9.17, 15) is 26.4 Å². The van der Waals surface area contributed by atoms with Crippen LogP contribution in [0.2, 0.25) is 0 Å². The first-order chi connectivity index (χ1) is 18.3. The molecule has 0 spiro atoms. The van der Waals surface area contributed by atoms with Gasteiger partial charge in [0.2, 0.25) is 10.0 Å². The maximum atomic E-state index is 13.3. The Morgan fingerprint density at radius 2 is 1.69 bits per heavy atom. The fourth-order valence-corrected chi connectivity index (χ4v) is 6.02. The monoisotopic (exact) mass is 560 g/mol. The molecule has 2 N–H and O–H groups in total. The number of carbonyl (C=O) groups excluding carboxylic acids is 1. The summed E-state index contributed by atoms with van der Waals surface area (Å²) < 4.78 is 72.0. The summed E-state index contributed by atoms with van der Waals surface area (Å²) in [6, 6.07) is 14.1. The standard InChI is InChI=1S/C27H27F3N4O4S/c1-26(2)25(35)33-22-9-5-18(15-23(22)38-26)17-3-7-21(8-4-17)39(36,37)34-13-11-20(12-14-34)32-24-10-6-19(16-31-24)27(28,29)30/h3-10,15-16,20H,11-14H2,1-2H3,(H,31,32)(H,33,35). The molecule has 0 unspecified atom stereocenters. The molecule has 0 saturated carbocycles. The molecule has 2 aliphatic rings. The fraction of sp³-hybridized carbons (Fsp3) is 0.333. The molecule has 1 saturated heterocycles. The number of sulfonamides is 1. The summed E-state index contributed by atoms with van der Waals surface area (Å²) in [6.07, 6.45) is -2.69. The number of alkyl halides is 3. The van der Waals surface area contributed by atoms with Gasteiger partial charge in [-0.1, -0.05) is 18.2 Å². The van der Waals surface area contributed by atoms with Crippen molar-refractivity contribution in [1.29, 1.82) is 0 Å². The van der Waals surface area contributed by atoms with Crippen molar-refractivity contribution in [2.75, 3.05) is 23.7 Å². The van der Waals surface area contributed by atoms with Gasteiger partial charge in [-0.15, -0.1) is 0 Å². The number of rotatable bonds is 5. The van der Waals surface area contributed by atoms with Crippen LogP contribution in [0.5, 0.6) is 5.75 Å². The lowest BCUT2D eigenvalue weighted by Gasteiger charge is -2.32. The van der Waals surface area contributed by atoms with Crippen LogP contribution >= 0.6 is 0 Å². The normalized spacial score (nSPS) is 18.1. The fourth-order valence-electron chi connectivity index (χ4n) is 4.55. The number of ether oxygens (including phenoxy) is 1. The number of hydrogen-bond donors (Lipinski definition) is 2. The summed E-state index contributed by atoms with van der Waals surface area (Å²) in [5.41, 5.74) is 0.364. The van der Waals surface area contributed by atoms with Crippen molar-refractivity contribution in [2.45, 2.75) is 49.4 Å². The highest BCUT2D eigenvalue weighted by atomic mass is 32.2. The highest BCUT2D eigenvalue weighted by Crippen LogP contribution is 2.37. The van der Waals surface area contributed by atoms with E-state index in [1.807, 2.05) is 12.1 Å². The number of halogens is 3. The predicted octanol–water partition coefficient (Wildman–Crippen LogP) is 5.14. The largest absolute Gasteiger partial charge is 0.476 e. The first-order valence-electron chi connectivity index (χ1n) is 12.4. The van der Waals surface area contributed by atoms with E-state index in [0.29, 0.717) is 30.1 Å². The van der Waals surface area contributed by atoms with Gasteiger partial charge < -0.3 is 15.4 Å². The average Bonchev–Trinajstić information content (AvgIpc) is 2.89. The van der Waals surface area contributed by atoms with Crippen LogP contribution in [0.15, 0.2) is 65.7 Å². The molecule has 0 aliphatic carbocycles. The van der Waals surface area contributed by atoms with Gasteiger partial charge in [-0.2, -0.15) is 17.5 Å². The first-order valence-corrected chi connectivity index (χ1v) is 13.8. The van der Waals surface area contributed by atoms with Crippen molar-refractivity contribution < 1.29 is 31.1 Å². The number of amides is 1. The Morgan fingerprint density at radius 1 is 1.03 bits per heavy atom. The van der Waals surface area contributed by atoms with E-state index in [1.54, 1.807) is 44.2 Å². The number of benzene rings is 2. The minimum absolute atomic E-state index is 0.107. The number of anilines is 2. The number of fused-ring (bicyclic) bond motifs is 1. The Bertz CT molecular complexity index is 1480. The molecule has 3 aromatic rings. The molecule has 12 heteroatoms. The summed E-state index contributed by atoms with van der Waals surface area (Å²) >= 11 is 0. The molecule has 206 valence electrons. The summed E-state index contributed by atoms with van der Waals surface area (Å²) in [6.45, 7) is 3.91. The minimum atomic E-state index is -4.45. The molecule has 2 aliphatic heterocycles. The maximum Gasteiger partial charge on any atom is 0.417 e. The molecular formula is C27H27F3N4O4S. The second kappa shape index (κ2) is 9.83. The zero-order valence-electron chi connectivity index (χ0n) is 21.2. The second-order valence-corrected chi connectivity index (χ2v) is 12.0. The molecule has 1 aromatic heterocycles. The lowest BCUT2D eigenvalue weighted by atomic mass is 10.0. The van der Waals surface area contributed by atoms with Gasteiger partial charge in [0, 0.05) is 25.3 Å². The van der Waals surface area contributed by atoms with Crippen molar-refractivity contribution in [1.82, 2.24) is 9.29 Å². The molecule has 0 atom stereocenters. The average molecular weight is 561 g/mol. The van der Waals surface area contributed by atoms with Gasteiger partial charge in [-0.25, -0.2) is 13.4 Å². The third-order valence-corrected chi connectivity index (χ3v) is 8.78. The lowest BCUT2D eigenvalue weighted by Crippen LogP contribution is -2.45. The van der Waals surface area contributed by atoms with Crippen molar-refractivity contribution in [3.63, 3.8) is 0 Å². The highest BCUT2D eigenvalue weighted by molar-refractivity contribution is 7.89. The maximum absolute atomic E-state index is 13.3. The van der Waals surface area contributed by atoms with Gasteiger partial charge >= 0.3 is 6.18 Å². The number of pyridine rings is 1. The molecule has 1 fully saturated rings. The molecule has 8 nitrogen and oxygen atoms in total. The molecule has 3 heterocycles. The van der Waals surface area contributed by atoms with Crippen LogP contribution in [0.25, 0.3) is 11.1 Å². The Kier molecular flexibility index (Phi) is 6.79. The van der Waals surface area contributed by atoms with Crippen LogP contribution < -0.4 is 15.4 Å². The van der Waals surface area contributed by atoms with Gasteiger partial charge in [0.05, 0.1) is 16.1 Å². The van der Waals surface area contributed by atoms with E-state index in [0.717, 1.165) is 23.4 Å². The zero-order valence-corrected chi connectivity index (χ0v) is 22.1. The van der Waals surface area contributed by atoms with E-state index in [2.05, 4.69) is 15.6 Å². The van der Waals surface area contributed by atoms with Gasteiger partial charge in [-0.3, -0.25) is 4.79 Å². The van der Waals surface area contributed by atoms with Crippen LogP contribution in [-0.4, -0.2) is 48.3 Å². The third kappa shape index (κ3) is 5.57. The molecule has 5 rings (SSSR count). The highest BCUT2D eigenvalue weighted by Gasteiger charge is 2.35. The molecule has 0 radical (unpaired) electrons. The Labute approximate surface area is 224 Å². The topological polar surface area (TPSA) is 101 Å². The molecule has 2 aromatic carbocycles. The van der Waals surface area contributed by atoms with Crippen molar-refractivity contribution in [3.8, 4) is 16.9 Å². The van der Waals surface area contributed by atoms with Gasteiger partial charge in [0.25, 0.3) is 5.91 Å². The summed E-state index contributed by atoms with van der Waals surface area (Å²) in [5, 5.41) is 5.91. The van der Waals surface area contributed by atoms with E-state index in [-0.39, 0.29) is 29.9 Å². The van der Waals surface area contributed by atoms with Crippen molar-refractivity contribution in [3.05, 3.63) is 66.4 Å². The molecule has 0 bridgehead atoms. The van der Waals surface area contributed by atoms with Gasteiger partial charge in [0.1, 0.15) is 11.6 Å². The third-order valence-electron chi connectivity index (χ3n) is 6.86. The number of aromatic nitrogens is 1. The number of nitrogens with one attached hydrogen (secondary N) is 2. The number of carbonyl (C=O) groups is 1. The smallest absolute Gasteiger partial charge is 0.417 e. The van der Waals surface area contributed by atoms with Crippen LogP contribution in [0.1, 0.15) is 32.3 Å². The number of hydrogen-bond acceptors (Lipinski definition) is 6. The Hall–Kier alpha value is -3.64. The molecule has 1 amide bonds. The number of piperidine rings is 1. The number of nitrogens with zero attached hydrogens (tertiary/aromatic N) is 2. The molecule has 39 heavy (non-hydrogen) atoms. The Morgan fingerprint density at radius 3 is 2.31 bits per heavy atom. The summed E-state index contributed by atoms with van der Waals surface area (Å²) in [4.78, 5) is 16.1. The van der Waals surface area contributed by atoms with Crippen molar-refractivity contribution in [2.24, 2.45) is 0 Å². The van der Waals surface area contributed by atoms with E-state index >= 15 is 0 Å². The molecular weight excluding hydrogens is 533 g/mol. The predicted molar refractivity (Wildman–Crippen MR) is 140 cm³/mol. The van der Waals surface area contributed by atoms with Crippen LogP contribution in [0, 0.1) is 0 Å². The first kappa shape index (κ1) is 26.9. The lowest BCUT2D eigenvalue weighted by molar-refractivity contribution is -0.137. The van der Waals surface area contributed by atoms with Gasteiger partial charge in [0.15, 0.2) is 5.60 Å². The van der Waals surface area contributed by atoms with Crippen LogP contribution in [0.3, 0.4) is 0 Å².